The number of carbonyl (C=O) groups is 1. The quantitative estimate of drug-likeness (QED) is 0.867. The SMILES string of the molecule is O=C(Nc1ccc(C(F)(F)F)cc1Cl)N1CCCC(CO)C1. The van der Waals surface area contributed by atoms with Crippen LogP contribution in [0, 0.1) is 5.92 Å². The first-order valence-corrected chi connectivity index (χ1v) is 7.22. The molecule has 1 aromatic rings. The van der Waals surface area contributed by atoms with Crippen LogP contribution in [-0.2, 0) is 6.18 Å². The fraction of sp³-hybridized carbons (Fsp3) is 0.500. The molecule has 1 aromatic carbocycles. The second kappa shape index (κ2) is 6.75. The number of alkyl halides is 3. The van der Waals surface area contributed by atoms with Gasteiger partial charge in [-0.25, -0.2) is 4.79 Å². The Balaban J connectivity index is 2.05. The Hall–Kier alpha value is -1.47. The van der Waals surface area contributed by atoms with Gasteiger partial charge in [0.1, 0.15) is 0 Å². The molecule has 1 aliphatic heterocycles. The number of nitrogens with one attached hydrogen (secondary N) is 1. The van der Waals surface area contributed by atoms with Crippen molar-refractivity contribution in [3.63, 3.8) is 0 Å². The largest absolute Gasteiger partial charge is 0.416 e. The Bertz CT molecular complexity index is 551. The van der Waals surface area contributed by atoms with Crippen molar-refractivity contribution in [3.05, 3.63) is 28.8 Å². The van der Waals surface area contributed by atoms with Gasteiger partial charge in [0, 0.05) is 19.7 Å². The van der Waals surface area contributed by atoms with Crippen molar-refractivity contribution in [2.24, 2.45) is 5.92 Å². The number of rotatable bonds is 2. The molecule has 1 aliphatic rings. The topological polar surface area (TPSA) is 52.6 Å². The van der Waals surface area contributed by atoms with Crippen LogP contribution in [-0.4, -0.2) is 35.7 Å². The van der Waals surface area contributed by atoms with Gasteiger partial charge >= 0.3 is 12.2 Å². The van der Waals surface area contributed by atoms with Gasteiger partial charge in [0.05, 0.1) is 16.3 Å². The van der Waals surface area contributed by atoms with E-state index in [1.165, 1.54) is 4.90 Å². The maximum absolute atomic E-state index is 12.6. The lowest BCUT2D eigenvalue weighted by Gasteiger charge is -2.31. The van der Waals surface area contributed by atoms with Gasteiger partial charge in [-0.1, -0.05) is 11.6 Å². The van der Waals surface area contributed by atoms with Gasteiger partial charge in [0.25, 0.3) is 0 Å². The summed E-state index contributed by atoms with van der Waals surface area (Å²) in [7, 11) is 0. The average Bonchev–Trinajstić information content (AvgIpc) is 2.48. The van der Waals surface area contributed by atoms with Gasteiger partial charge < -0.3 is 15.3 Å². The van der Waals surface area contributed by atoms with Crippen molar-refractivity contribution in [2.45, 2.75) is 19.0 Å². The summed E-state index contributed by atoms with van der Waals surface area (Å²) < 4.78 is 37.7. The van der Waals surface area contributed by atoms with E-state index in [1.54, 1.807) is 0 Å². The molecule has 0 spiro atoms. The zero-order valence-corrected chi connectivity index (χ0v) is 12.4. The molecule has 122 valence electrons. The van der Waals surface area contributed by atoms with E-state index in [0.717, 1.165) is 31.0 Å². The van der Waals surface area contributed by atoms with E-state index in [1.807, 2.05) is 0 Å². The molecule has 1 fully saturated rings. The number of likely N-dealkylation sites (tertiary alicyclic amines) is 1. The highest BCUT2D eigenvalue weighted by atomic mass is 35.5. The first-order valence-electron chi connectivity index (χ1n) is 6.85. The lowest BCUT2D eigenvalue weighted by Crippen LogP contribution is -2.43. The van der Waals surface area contributed by atoms with Crippen LogP contribution in [0.2, 0.25) is 5.02 Å². The number of piperidine rings is 1. The number of benzene rings is 1. The number of aliphatic hydroxyl groups excluding tert-OH is 1. The van der Waals surface area contributed by atoms with Gasteiger partial charge in [-0.15, -0.1) is 0 Å². The monoisotopic (exact) mass is 336 g/mol. The summed E-state index contributed by atoms with van der Waals surface area (Å²) in [5, 5.41) is 11.5. The Morgan fingerprint density at radius 1 is 1.45 bits per heavy atom. The summed E-state index contributed by atoms with van der Waals surface area (Å²) in [6.07, 6.45) is -2.85. The molecular weight excluding hydrogens is 321 g/mol. The molecule has 1 atom stereocenters. The number of carbonyl (C=O) groups excluding carboxylic acids is 1. The first-order chi connectivity index (χ1) is 10.3. The fourth-order valence-corrected chi connectivity index (χ4v) is 2.61. The Kier molecular flexibility index (Phi) is 5.18. The summed E-state index contributed by atoms with van der Waals surface area (Å²) in [6, 6.07) is 2.36. The minimum absolute atomic E-state index is 0.00478. The fourth-order valence-electron chi connectivity index (χ4n) is 2.39. The first kappa shape index (κ1) is 16.9. The number of aliphatic hydroxyl groups is 1. The van der Waals surface area contributed by atoms with Crippen LogP contribution in [0.3, 0.4) is 0 Å². The molecule has 0 radical (unpaired) electrons. The zero-order chi connectivity index (χ0) is 16.3. The Labute approximate surface area is 130 Å². The molecular formula is C14H16ClF3N2O2. The highest BCUT2D eigenvalue weighted by Crippen LogP contribution is 2.33. The average molecular weight is 337 g/mol. The van der Waals surface area contributed by atoms with E-state index in [2.05, 4.69) is 5.32 Å². The number of urea groups is 1. The van der Waals surface area contributed by atoms with Gasteiger partial charge in [0.2, 0.25) is 0 Å². The number of halogens is 4. The van der Waals surface area contributed by atoms with Crippen LogP contribution in [0.4, 0.5) is 23.7 Å². The molecule has 1 saturated heterocycles. The molecule has 0 aliphatic carbocycles. The molecule has 1 heterocycles. The molecule has 0 bridgehead atoms. The summed E-state index contributed by atoms with van der Waals surface area (Å²) in [4.78, 5) is 13.6. The van der Waals surface area contributed by atoms with E-state index in [4.69, 9.17) is 16.7 Å². The number of nitrogens with zero attached hydrogens (tertiary/aromatic N) is 1. The molecule has 8 heteroatoms. The Morgan fingerprint density at radius 3 is 2.77 bits per heavy atom. The zero-order valence-electron chi connectivity index (χ0n) is 11.7. The van der Waals surface area contributed by atoms with Crippen LogP contribution in [0.25, 0.3) is 0 Å². The summed E-state index contributed by atoms with van der Waals surface area (Å²) >= 11 is 5.80. The summed E-state index contributed by atoms with van der Waals surface area (Å²) in [5.74, 6) is 0.0302. The third-order valence-corrected chi connectivity index (χ3v) is 3.92. The number of anilines is 1. The molecule has 1 unspecified atom stereocenters. The highest BCUT2D eigenvalue weighted by Gasteiger charge is 2.31. The minimum atomic E-state index is -4.48. The Morgan fingerprint density at radius 2 is 2.18 bits per heavy atom. The standard InChI is InChI=1S/C14H16ClF3N2O2/c15-11-6-10(14(16,17)18)3-4-12(11)19-13(22)20-5-1-2-9(7-20)8-21/h3-4,6,9,21H,1-2,5,7-8H2,(H,19,22). The van der Waals surface area contributed by atoms with Crippen LogP contribution in [0.1, 0.15) is 18.4 Å². The third kappa shape index (κ3) is 4.04. The molecule has 2 N–H and O–H groups in total. The van der Waals surface area contributed by atoms with Crippen molar-refractivity contribution >= 4 is 23.3 Å². The van der Waals surface area contributed by atoms with Crippen molar-refractivity contribution < 1.29 is 23.1 Å². The van der Waals surface area contributed by atoms with E-state index in [-0.39, 0.29) is 23.2 Å². The van der Waals surface area contributed by atoms with E-state index in [0.29, 0.717) is 13.1 Å². The van der Waals surface area contributed by atoms with Crippen molar-refractivity contribution in [3.8, 4) is 0 Å². The number of hydrogen-bond acceptors (Lipinski definition) is 2. The van der Waals surface area contributed by atoms with E-state index < -0.39 is 17.8 Å². The van der Waals surface area contributed by atoms with E-state index in [9.17, 15) is 18.0 Å². The van der Waals surface area contributed by atoms with Crippen molar-refractivity contribution in [2.75, 3.05) is 25.0 Å². The maximum Gasteiger partial charge on any atom is 0.416 e. The van der Waals surface area contributed by atoms with Gasteiger partial charge in [-0.05, 0) is 37.0 Å². The molecule has 2 amide bonds. The van der Waals surface area contributed by atoms with Crippen LogP contribution in [0.15, 0.2) is 18.2 Å². The van der Waals surface area contributed by atoms with Crippen LogP contribution >= 0.6 is 11.6 Å². The second-order valence-electron chi connectivity index (χ2n) is 5.26. The molecule has 4 nitrogen and oxygen atoms in total. The third-order valence-electron chi connectivity index (χ3n) is 3.60. The van der Waals surface area contributed by atoms with E-state index >= 15 is 0 Å². The van der Waals surface area contributed by atoms with Crippen LogP contribution in [0.5, 0.6) is 0 Å². The van der Waals surface area contributed by atoms with Crippen molar-refractivity contribution in [1.82, 2.24) is 4.90 Å². The second-order valence-corrected chi connectivity index (χ2v) is 5.67. The van der Waals surface area contributed by atoms with Gasteiger partial charge in [-0.3, -0.25) is 0 Å². The molecule has 0 aromatic heterocycles. The summed E-state index contributed by atoms with van der Waals surface area (Å²) in [5.41, 5.74) is -0.736. The highest BCUT2D eigenvalue weighted by molar-refractivity contribution is 6.33. The normalized spacial score (nSPS) is 19.1. The maximum atomic E-state index is 12.6. The van der Waals surface area contributed by atoms with Gasteiger partial charge in [-0.2, -0.15) is 13.2 Å². The number of hydrogen-bond donors (Lipinski definition) is 2. The molecule has 2 rings (SSSR count). The minimum Gasteiger partial charge on any atom is -0.396 e. The molecule has 22 heavy (non-hydrogen) atoms. The van der Waals surface area contributed by atoms with Crippen molar-refractivity contribution in [1.29, 1.82) is 0 Å². The smallest absolute Gasteiger partial charge is 0.396 e. The predicted octanol–water partition coefficient (Wildman–Crippen LogP) is 3.60. The lowest BCUT2D eigenvalue weighted by atomic mass is 9.99. The predicted molar refractivity (Wildman–Crippen MR) is 76.9 cm³/mol. The van der Waals surface area contributed by atoms with Crippen LogP contribution < -0.4 is 5.32 Å². The van der Waals surface area contributed by atoms with Gasteiger partial charge in [0.15, 0.2) is 0 Å². The summed E-state index contributed by atoms with van der Waals surface area (Å²) in [6.45, 7) is 0.964. The molecule has 0 saturated carbocycles. The number of amides is 2. The lowest BCUT2D eigenvalue weighted by molar-refractivity contribution is -0.137.